The van der Waals surface area contributed by atoms with Gasteiger partial charge in [-0.05, 0) is 39.4 Å². The SMILES string of the molecule is CNCc1nc(C)c(-c2cc(C)ccc2C)n1C. The Morgan fingerprint density at radius 3 is 2.61 bits per heavy atom. The number of nitrogens with zero attached hydrogens (tertiary/aromatic N) is 2. The molecule has 0 aliphatic rings. The zero-order chi connectivity index (χ0) is 13.3. The van der Waals surface area contributed by atoms with Gasteiger partial charge in [0.1, 0.15) is 5.82 Å². The average molecular weight is 243 g/mol. The van der Waals surface area contributed by atoms with Gasteiger partial charge >= 0.3 is 0 Å². The van der Waals surface area contributed by atoms with E-state index in [1.54, 1.807) is 0 Å². The van der Waals surface area contributed by atoms with Crippen molar-refractivity contribution < 1.29 is 0 Å². The van der Waals surface area contributed by atoms with Crippen molar-refractivity contribution in [1.82, 2.24) is 14.9 Å². The molecule has 2 aromatic rings. The Kier molecular flexibility index (Phi) is 3.53. The summed E-state index contributed by atoms with van der Waals surface area (Å²) in [5.41, 5.74) is 6.18. The lowest BCUT2D eigenvalue weighted by atomic mass is 10.0. The number of hydrogen-bond donors (Lipinski definition) is 1. The molecule has 3 nitrogen and oxygen atoms in total. The van der Waals surface area contributed by atoms with Crippen molar-refractivity contribution in [2.24, 2.45) is 7.05 Å². The Bertz CT molecular complexity index is 567. The molecule has 2 rings (SSSR count). The molecule has 1 N–H and O–H groups in total. The highest BCUT2D eigenvalue weighted by atomic mass is 15.1. The highest BCUT2D eigenvalue weighted by Gasteiger charge is 2.14. The van der Waals surface area contributed by atoms with Crippen molar-refractivity contribution in [3.63, 3.8) is 0 Å². The maximum absolute atomic E-state index is 4.65. The van der Waals surface area contributed by atoms with E-state index < -0.39 is 0 Å². The second kappa shape index (κ2) is 4.94. The van der Waals surface area contributed by atoms with E-state index in [1.807, 2.05) is 7.05 Å². The molecular weight excluding hydrogens is 222 g/mol. The fourth-order valence-electron chi connectivity index (χ4n) is 2.38. The Morgan fingerprint density at radius 2 is 1.94 bits per heavy atom. The fourth-order valence-corrected chi connectivity index (χ4v) is 2.38. The van der Waals surface area contributed by atoms with Crippen LogP contribution >= 0.6 is 0 Å². The van der Waals surface area contributed by atoms with Crippen molar-refractivity contribution in [3.8, 4) is 11.3 Å². The number of nitrogens with one attached hydrogen (secondary N) is 1. The molecule has 1 aromatic carbocycles. The maximum Gasteiger partial charge on any atom is 0.123 e. The van der Waals surface area contributed by atoms with Crippen molar-refractivity contribution in [1.29, 1.82) is 0 Å². The summed E-state index contributed by atoms with van der Waals surface area (Å²) < 4.78 is 2.19. The van der Waals surface area contributed by atoms with Gasteiger partial charge in [-0.25, -0.2) is 4.98 Å². The molecule has 0 aliphatic carbocycles. The van der Waals surface area contributed by atoms with Crippen molar-refractivity contribution in [3.05, 3.63) is 40.8 Å². The molecular formula is C15H21N3. The summed E-state index contributed by atoms with van der Waals surface area (Å²) in [6, 6.07) is 6.57. The largest absolute Gasteiger partial charge is 0.330 e. The van der Waals surface area contributed by atoms with E-state index in [1.165, 1.54) is 22.4 Å². The molecule has 96 valence electrons. The number of benzene rings is 1. The summed E-state index contributed by atoms with van der Waals surface area (Å²) in [4.78, 5) is 4.65. The van der Waals surface area contributed by atoms with Gasteiger partial charge in [-0.2, -0.15) is 0 Å². The second-order valence-electron chi connectivity index (χ2n) is 4.87. The van der Waals surface area contributed by atoms with Crippen LogP contribution in [0.5, 0.6) is 0 Å². The minimum Gasteiger partial charge on any atom is -0.330 e. The van der Waals surface area contributed by atoms with Crippen LogP contribution in [0, 0.1) is 20.8 Å². The molecule has 1 aromatic heterocycles. The van der Waals surface area contributed by atoms with Gasteiger partial charge in [-0.1, -0.05) is 17.7 Å². The van der Waals surface area contributed by atoms with Crippen LogP contribution in [0.15, 0.2) is 18.2 Å². The van der Waals surface area contributed by atoms with E-state index in [2.05, 4.69) is 60.9 Å². The van der Waals surface area contributed by atoms with Crippen LogP contribution in [-0.4, -0.2) is 16.6 Å². The molecule has 0 radical (unpaired) electrons. The lowest BCUT2D eigenvalue weighted by Gasteiger charge is -2.10. The fraction of sp³-hybridized carbons (Fsp3) is 0.400. The quantitative estimate of drug-likeness (QED) is 0.898. The Morgan fingerprint density at radius 1 is 1.22 bits per heavy atom. The molecule has 0 saturated heterocycles. The molecule has 0 aliphatic heterocycles. The van der Waals surface area contributed by atoms with Gasteiger partial charge in [0.2, 0.25) is 0 Å². The molecule has 0 atom stereocenters. The second-order valence-corrected chi connectivity index (χ2v) is 4.87. The van der Waals surface area contributed by atoms with Gasteiger partial charge in [0.15, 0.2) is 0 Å². The molecule has 0 unspecified atom stereocenters. The number of rotatable bonds is 3. The summed E-state index contributed by atoms with van der Waals surface area (Å²) in [6.45, 7) is 7.15. The molecule has 3 heteroatoms. The van der Waals surface area contributed by atoms with Crippen molar-refractivity contribution >= 4 is 0 Å². The summed E-state index contributed by atoms with van der Waals surface area (Å²) in [5, 5.41) is 3.16. The van der Waals surface area contributed by atoms with Crippen LogP contribution in [0.2, 0.25) is 0 Å². The highest BCUT2D eigenvalue weighted by molar-refractivity contribution is 5.67. The molecule has 0 bridgehead atoms. The standard InChI is InChI=1S/C15H21N3/c1-10-6-7-11(2)13(8-10)15-12(3)17-14(9-16-4)18(15)5/h6-8,16H,9H2,1-5H3. The van der Waals surface area contributed by atoms with Gasteiger partial charge in [0.25, 0.3) is 0 Å². The monoisotopic (exact) mass is 243 g/mol. The summed E-state index contributed by atoms with van der Waals surface area (Å²) >= 11 is 0. The van der Waals surface area contributed by atoms with Crippen molar-refractivity contribution in [2.45, 2.75) is 27.3 Å². The van der Waals surface area contributed by atoms with E-state index in [0.717, 1.165) is 18.1 Å². The Labute approximate surface area is 109 Å². The van der Waals surface area contributed by atoms with Crippen LogP contribution in [0.1, 0.15) is 22.6 Å². The van der Waals surface area contributed by atoms with E-state index >= 15 is 0 Å². The number of aromatic nitrogens is 2. The molecule has 0 spiro atoms. The van der Waals surface area contributed by atoms with Crippen LogP contribution in [0.3, 0.4) is 0 Å². The topological polar surface area (TPSA) is 29.9 Å². The van der Waals surface area contributed by atoms with Crippen LogP contribution in [0.4, 0.5) is 0 Å². The van der Waals surface area contributed by atoms with Crippen LogP contribution < -0.4 is 5.32 Å². The smallest absolute Gasteiger partial charge is 0.123 e. The van der Waals surface area contributed by atoms with Crippen LogP contribution in [-0.2, 0) is 13.6 Å². The van der Waals surface area contributed by atoms with Gasteiger partial charge in [0, 0.05) is 12.6 Å². The third-order valence-corrected chi connectivity index (χ3v) is 3.35. The number of hydrogen-bond acceptors (Lipinski definition) is 2. The van der Waals surface area contributed by atoms with E-state index in [-0.39, 0.29) is 0 Å². The molecule has 0 fully saturated rings. The van der Waals surface area contributed by atoms with Crippen LogP contribution in [0.25, 0.3) is 11.3 Å². The number of aryl methyl sites for hydroxylation is 3. The lowest BCUT2D eigenvalue weighted by Crippen LogP contribution is -2.10. The first-order chi connectivity index (χ1) is 8.54. The Hall–Kier alpha value is -1.61. The molecule has 0 saturated carbocycles. The van der Waals surface area contributed by atoms with E-state index in [0.29, 0.717) is 0 Å². The summed E-state index contributed by atoms with van der Waals surface area (Å²) in [7, 11) is 4.03. The minimum absolute atomic E-state index is 0.794. The van der Waals surface area contributed by atoms with Gasteiger partial charge in [-0.15, -0.1) is 0 Å². The number of imidazole rings is 1. The summed E-state index contributed by atoms with van der Waals surface area (Å²) in [5.74, 6) is 1.07. The zero-order valence-corrected chi connectivity index (χ0v) is 11.8. The predicted octanol–water partition coefficient (Wildman–Crippen LogP) is 2.73. The molecule has 18 heavy (non-hydrogen) atoms. The summed E-state index contributed by atoms with van der Waals surface area (Å²) in [6.07, 6.45) is 0. The van der Waals surface area contributed by atoms with E-state index in [4.69, 9.17) is 0 Å². The van der Waals surface area contributed by atoms with Crippen molar-refractivity contribution in [2.75, 3.05) is 7.05 Å². The maximum atomic E-state index is 4.65. The lowest BCUT2D eigenvalue weighted by molar-refractivity contribution is 0.711. The van der Waals surface area contributed by atoms with Gasteiger partial charge in [0.05, 0.1) is 17.9 Å². The van der Waals surface area contributed by atoms with E-state index in [9.17, 15) is 0 Å². The van der Waals surface area contributed by atoms with Gasteiger partial charge < -0.3 is 9.88 Å². The third kappa shape index (κ3) is 2.18. The highest BCUT2D eigenvalue weighted by Crippen LogP contribution is 2.27. The average Bonchev–Trinajstić information content (AvgIpc) is 2.59. The third-order valence-electron chi connectivity index (χ3n) is 3.35. The first-order valence-electron chi connectivity index (χ1n) is 6.29. The predicted molar refractivity (Wildman–Crippen MR) is 75.6 cm³/mol. The van der Waals surface area contributed by atoms with Gasteiger partial charge in [-0.3, -0.25) is 0 Å². The molecule has 0 amide bonds. The minimum atomic E-state index is 0.794. The Balaban J connectivity index is 2.60. The normalized spacial score (nSPS) is 10.9. The zero-order valence-electron chi connectivity index (χ0n) is 11.8. The molecule has 1 heterocycles. The first kappa shape index (κ1) is 12.8. The first-order valence-corrected chi connectivity index (χ1v) is 6.29.